The van der Waals surface area contributed by atoms with Crippen LogP contribution in [-0.4, -0.2) is 53.5 Å². The van der Waals surface area contributed by atoms with Crippen LogP contribution in [0.15, 0.2) is 29.6 Å². The number of sulfone groups is 1. The summed E-state index contributed by atoms with van der Waals surface area (Å²) in [5.41, 5.74) is 0.848. The number of rotatable bonds is 3. The van der Waals surface area contributed by atoms with Crippen molar-refractivity contribution in [2.75, 3.05) is 16.8 Å². The summed E-state index contributed by atoms with van der Waals surface area (Å²) in [5.74, 6) is -2.06. The largest absolute Gasteiger partial charge is 0.324 e. The lowest BCUT2D eigenvalue weighted by Crippen LogP contribution is -2.40. The summed E-state index contributed by atoms with van der Waals surface area (Å²) in [6.45, 7) is 1.59. The molecule has 23 heavy (non-hydrogen) atoms. The maximum atomic E-state index is 12.5. The molecule has 2 aliphatic heterocycles. The van der Waals surface area contributed by atoms with Gasteiger partial charge in [-0.1, -0.05) is 0 Å². The van der Waals surface area contributed by atoms with Crippen LogP contribution >= 0.6 is 0 Å². The first-order valence-electron chi connectivity index (χ1n) is 7.17. The van der Waals surface area contributed by atoms with Crippen LogP contribution in [-0.2, 0) is 19.4 Å². The number of hydrogen-bond acceptors (Lipinski definition) is 6. The van der Waals surface area contributed by atoms with E-state index in [2.05, 4.69) is 15.4 Å². The van der Waals surface area contributed by atoms with Crippen molar-refractivity contribution in [3.63, 3.8) is 0 Å². The number of hydrazone groups is 1. The molecule has 0 radical (unpaired) electrons. The fourth-order valence-corrected chi connectivity index (χ4v) is 4.46. The maximum absolute atomic E-state index is 12.5. The van der Waals surface area contributed by atoms with E-state index in [1.165, 1.54) is 6.20 Å². The van der Waals surface area contributed by atoms with Crippen LogP contribution in [0.4, 0.5) is 5.69 Å². The van der Waals surface area contributed by atoms with Crippen LogP contribution in [0.2, 0.25) is 0 Å². The number of hydrogen-bond donors (Lipinski definition) is 1. The lowest BCUT2D eigenvalue weighted by molar-refractivity contribution is -0.137. The van der Waals surface area contributed by atoms with Gasteiger partial charge in [-0.15, -0.1) is 0 Å². The average Bonchev–Trinajstić information content (AvgIpc) is 2.99. The molecule has 2 amide bonds. The molecule has 0 bridgehead atoms. The van der Waals surface area contributed by atoms with Gasteiger partial charge in [0.1, 0.15) is 0 Å². The van der Waals surface area contributed by atoms with Crippen LogP contribution in [0.5, 0.6) is 0 Å². The molecule has 8 nitrogen and oxygen atoms in total. The molecule has 1 aromatic heterocycles. The van der Waals surface area contributed by atoms with E-state index in [0.29, 0.717) is 17.8 Å². The van der Waals surface area contributed by atoms with E-state index in [1.54, 1.807) is 25.3 Å². The zero-order valence-electron chi connectivity index (χ0n) is 12.5. The first-order valence-corrected chi connectivity index (χ1v) is 8.99. The Hall–Kier alpha value is -2.29. The van der Waals surface area contributed by atoms with Gasteiger partial charge < -0.3 is 5.32 Å². The molecule has 9 heteroatoms. The number of anilines is 1. The zero-order chi connectivity index (χ0) is 16.6. The quantitative estimate of drug-likeness (QED) is 0.784. The molecule has 3 heterocycles. The van der Waals surface area contributed by atoms with Crippen molar-refractivity contribution in [3.8, 4) is 0 Å². The zero-order valence-corrected chi connectivity index (χ0v) is 13.3. The highest BCUT2D eigenvalue weighted by molar-refractivity contribution is 7.91. The topological polar surface area (TPSA) is 109 Å². The molecular weight excluding hydrogens is 320 g/mol. The first kappa shape index (κ1) is 15.6. The van der Waals surface area contributed by atoms with Crippen molar-refractivity contribution >= 4 is 33.1 Å². The third-order valence-corrected chi connectivity index (χ3v) is 5.65. The second kappa shape index (κ2) is 5.73. The molecule has 0 aliphatic carbocycles. The van der Waals surface area contributed by atoms with E-state index in [0.717, 1.165) is 5.01 Å². The molecule has 3 rings (SSSR count). The van der Waals surface area contributed by atoms with Gasteiger partial charge in [-0.05, 0) is 25.5 Å². The smallest absolute Gasteiger partial charge is 0.261 e. The fourth-order valence-electron chi connectivity index (χ4n) is 2.77. The van der Waals surface area contributed by atoms with Crippen LogP contribution in [0.25, 0.3) is 0 Å². The lowest BCUT2D eigenvalue weighted by Gasteiger charge is -2.19. The van der Waals surface area contributed by atoms with Crippen molar-refractivity contribution in [1.29, 1.82) is 0 Å². The number of amides is 2. The molecule has 0 unspecified atom stereocenters. The van der Waals surface area contributed by atoms with E-state index in [1.807, 2.05) is 0 Å². The van der Waals surface area contributed by atoms with Gasteiger partial charge in [-0.25, -0.2) is 13.4 Å². The van der Waals surface area contributed by atoms with E-state index >= 15 is 0 Å². The van der Waals surface area contributed by atoms with E-state index in [-0.39, 0.29) is 11.5 Å². The van der Waals surface area contributed by atoms with Crippen molar-refractivity contribution in [2.24, 2.45) is 11.0 Å². The molecule has 0 aromatic carbocycles. The second-order valence-corrected chi connectivity index (χ2v) is 7.87. The fraction of sp³-hybridized carbons (Fsp3) is 0.429. The summed E-state index contributed by atoms with van der Waals surface area (Å²) in [7, 11) is -3.13. The maximum Gasteiger partial charge on any atom is 0.261 e. The van der Waals surface area contributed by atoms with Crippen molar-refractivity contribution in [3.05, 3.63) is 24.5 Å². The third-order valence-electron chi connectivity index (χ3n) is 3.90. The number of nitrogens with zero attached hydrogens (tertiary/aromatic N) is 3. The average molecular weight is 336 g/mol. The van der Waals surface area contributed by atoms with E-state index < -0.39 is 33.6 Å². The Balaban J connectivity index is 1.74. The van der Waals surface area contributed by atoms with Crippen LogP contribution < -0.4 is 5.32 Å². The predicted octanol–water partition coefficient (Wildman–Crippen LogP) is 0.0415. The van der Waals surface area contributed by atoms with Gasteiger partial charge in [0, 0.05) is 6.20 Å². The second-order valence-electron chi connectivity index (χ2n) is 5.65. The summed E-state index contributed by atoms with van der Waals surface area (Å²) in [6.07, 6.45) is 3.40. The number of aromatic nitrogens is 1. The summed E-state index contributed by atoms with van der Waals surface area (Å²) in [4.78, 5) is 28.7. The van der Waals surface area contributed by atoms with E-state index in [9.17, 15) is 18.0 Å². The molecule has 2 atom stereocenters. The van der Waals surface area contributed by atoms with Gasteiger partial charge in [-0.2, -0.15) is 5.10 Å². The minimum atomic E-state index is -3.13. The Morgan fingerprint density at radius 3 is 2.83 bits per heavy atom. The highest BCUT2D eigenvalue weighted by atomic mass is 32.2. The molecule has 1 aromatic rings. The monoisotopic (exact) mass is 336 g/mol. The lowest BCUT2D eigenvalue weighted by atomic mass is 10.0. The van der Waals surface area contributed by atoms with Gasteiger partial charge >= 0.3 is 0 Å². The van der Waals surface area contributed by atoms with Gasteiger partial charge in [0.2, 0.25) is 5.91 Å². The van der Waals surface area contributed by atoms with Crippen molar-refractivity contribution in [1.82, 2.24) is 9.99 Å². The Morgan fingerprint density at radius 1 is 1.43 bits per heavy atom. The summed E-state index contributed by atoms with van der Waals surface area (Å²) < 4.78 is 23.1. The van der Waals surface area contributed by atoms with Gasteiger partial charge in [-0.3, -0.25) is 14.6 Å². The molecule has 122 valence electrons. The van der Waals surface area contributed by atoms with Crippen LogP contribution in [0.3, 0.4) is 0 Å². The summed E-state index contributed by atoms with van der Waals surface area (Å²) in [6, 6.07) is 2.85. The van der Waals surface area contributed by atoms with Crippen LogP contribution in [0.1, 0.15) is 13.3 Å². The highest BCUT2D eigenvalue weighted by Gasteiger charge is 2.44. The molecule has 1 saturated heterocycles. The molecule has 0 spiro atoms. The number of pyridine rings is 1. The Bertz CT molecular complexity index is 775. The Labute approximate surface area is 133 Å². The van der Waals surface area contributed by atoms with Crippen molar-refractivity contribution < 1.29 is 18.0 Å². The van der Waals surface area contributed by atoms with Crippen LogP contribution in [0, 0.1) is 5.92 Å². The summed E-state index contributed by atoms with van der Waals surface area (Å²) >= 11 is 0. The highest BCUT2D eigenvalue weighted by Crippen LogP contribution is 2.25. The normalized spacial score (nSPS) is 26.2. The predicted molar refractivity (Wildman–Crippen MR) is 83.4 cm³/mol. The van der Waals surface area contributed by atoms with Gasteiger partial charge in [0.05, 0.1) is 35.1 Å². The Kier molecular flexibility index (Phi) is 3.88. The number of nitrogens with one attached hydrogen (secondary N) is 1. The Morgan fingerprint density at radius 2 is 2.22 bits per heavy atom. The summed E-state index contributed by atoms with van der Waals surface area (Å²) in [5, 5.41) is 7.90. The molecule has 0 saturated carbocycles. The first-order chi connectivity index (χ1) is 10.9. The SMILES string of the molecule is CC1=NN([C@H]2CCS(=O)(=O)C2)C(=O)[C@@H]1C(=O)Nc1cccnc1. The minimum Gasteiger partial charge on any atom is -0.324 e. The van der Waals surface area contributed by atoms with Gasteiger partial charge in [0.15, 0.2) is 15.8 Å². The van der Waals surface area contributed by atoms with Gasteiger partial charge in [0.25, 0.3) is 5.91 Å². The number of carbonyl (C=O) groups excluding carboxylic acids is 2. The minimum absolute atomic E-state index is 0.0442. The molecule has 2 aliphatic rings. The van der Waals surface area contributed by atoms with Crippen molar-refractivity contribution in [2.45, 2.75) is 19.4 Å². The number of carbonyl (C=O) groups is 2. The third kappa shape index (κ3) is 3.09. The molecular formula is C14H16N4O4S. The van der Waals surface area contributed by atoms with E-state index in [4.69, 9.17) is 0 Å². The molecule has 1 N–H and O–H groups in total. The standard InChI is InChI=1S/C14H16N4O4S/c1-9-12(13(19)16-10-3-2-5-15-7-10)14(20)18(17-9)11-4-6-23(21,22)8-11/h2-3,5,7,11-12H,4,6,8H2,1H3,(H,16,19)/t11-,12-/m0/s1. The molecule has 1 fully saturated rings.